The van der Waals surface area contributed by atoms with Crippen molar-refractivity contribution in [2.24, 2.45) is 17.8 Å². The Kier molecular flexibility index (Phi) is 12.9. The number of methoxy groups -OCH3 is 1. The lowest BCUT2D eigenvalue weighted by Gasteiger charge is -2.51. The van der Waals surface area contributed by atoms with Crippen molar-refractivity contribution in [2.75, 3.05) is 78.5 Å². The number of anilines is 1. The molecule has 3 unspecified atom stereocenters. The lowest BCUT2D eigenvalue weighted by molar-refractivity contribution is -0.129. The van der Waals surface area contributed by atoms with E-state index in [1.165, 1.54) is 19.3 Å². The first-order chi connectivity index (χ1) is 27.9. The van der Waals surface area contributed by atoms with Gasteiger partial charge in [0.15, 0.2) is 9.84 Å². The minimum atomic E-state index is -3.53. The zero-order chi connectivity index (χ0) is 41.0. The number of likely N-dealkylation sites (N-methyl/N-ethyl adjacent to an activating group) is 1. The first kappa shape index (κ1) is 41.9. The molecule has 2 amide bonds. The molecule has 4 heterocycles. The van der Waals surface area contributed by atoms with E-state index in [1.54, 1.807) is 29.2 Å². The van der Waals surface area contributed by atoms with Crippen LogP contribution >= 0.6 is 0 Å². The number of carbonyl (C=O) groups excluding carboxylic acids is 2. The van der Waals surface area contributed by atoms with Crippen LogP contribution in [0.3, 0.4) is 0 Å². The monoisotopic (exact) mass is 817 g/mol. The van der Waals surface area contributed by atoms with Crippen LogP contribution in [0.5, 0.6) is 0 Å². The molecular formula is C44H60FN7O5S. The van der Waals surface area contributed by atoms with E-state index in [0.717, 1.165) is 88.3 Å². The number of amides is 2. The summed E-state index contributed by atoms with van der Waals surface area (Å²) < 4.78 is 49.2. The molecule has 0 radical (unpaired) electrons. The number of imidazole rings is 1. The van der Waals surface area contributed by atoms with Crippen molar-refractivity contribution in [1.82, 2.24) is 29.6 Å². The van der Waals surface area contributed by atoms with Crippen molar-refractivity contribution < 1.29 is 27.1 Å². The van der Waals surface area contributed by atoms with Crippen LogP contribution in [0, 0.1) is 23.6 Å². The maximum Gasteiger partial charge on any atom is 0.407 e. The summed E-state index contributed by atoms with van der Waals surface area (Å²) in [6.07, 6.45) is 12.3. The van der Waals surface area contributed by atoms with Crippen LogP contribution in [0.15, 0.2) is 78.0 Å². The molecule has 3 aliphatic heterocycles. The van der Waals surface area contributed by atoms with E-state index in [0.29, 0.717) is 23.9 Å². The number of aryl methyl sites for hydroxylation is 1. The van der Waals surface area contributed by atoms with Gasteiger partial charge in [-0.2, -0.15) is 0 Å². The van der Waals surface area contributed by atoms with Gasteiger partial charge in [-0.3, -0.25) is 4.79 Å². The average Bonchev–Trinajstić information content (AvgIpc) is 3.84. The summed E-state index contributed by atoms with van der Waals surface area (Å²) in [5.41, 5.74) is 1.57. The molecular weight excluding hydrogens is 758 g/mol. The molecule has 1 aliphatic carbocycles. The zero-order valence-electron chi connectivity index (χ0n) is 34.4. The van der Waals surface area contributed by atoms with Crippen molar-refractivity contribution >= 4 is 27.5 Å². The predicted octanol–water partition coefficient (Wildman–Crippen LogP) is 5.00. The van der Waals surface area contributed by atoms with Crippen molar-refractivity contribution in [3.63, 3.8) is 0 Å². The van der Waals surface area contributed by atoms with Gasteiger partial charge in [-0.1, -0.05) is 31.6 Å². The molecule has 4 fully saturated rings. The van der Waals surface area contributed by atoms with Gasteiger partial charge in [-0.05, 0) is 107 Å². The minimum Gasteiger partial charge on any atom is -0.453 e. The Morgan fingerprint density at radius 2 is 1.78 bits per heavy atom. The van der Waals surface area contributed by atoms with E-state index >= 15 is 4.39 Å². The number of carbonyl (C=O) groups is 2. The number of sulfone groups is 1. The molecule has 0 bridgehead atoms. The Hall–Kier alpha value is -4.27. The first-order valence-electron chi connectivity index (χ1n) is 20.9. The first-order valence-corrected chi connectivity index (χ1v) is 22.5. The smallest absolute Gasteiger partial charge is 0.407 e. The van der Waals surface area contributed by atoms with Crippen LogP contribution in [0.25, 0.3) is 0 Å². The Bertz CT molecular complexity index is 2020. The zero-order valence-corrected chi connectivity index (χ0v) is 35.2. The third kappa shape index (κ3) is 8.84. The molecule has 314 valence electrons. The second-order valence-corrected chi connectivity index (χ2v) is 19.3. The van der Waals surface area contributed by atoms with Gasteiger partial charge in [0.05, 0.1) is 12.0 Å². The number of ether oxygens (including phenoxy) is 1. The van der Waals surface area contributed by atoms with E-state index in [1.807, 2.05) is 49.6 Å². The highest BCUT2D eigenvalue weighted by atomic mass is 32.2. The highest BCUT2D eigenvalue weighted by Gasteiger charge is 2.52. The molecule has 1 N–H and O–H groups in total. The number of piperidine rings is 1. The third-order valence-corrected chi connectivity index (χ3v) is 15.3. The van der Waals surface area contributed by atoms with Crippen LogP contribution in [0.2, 0.25) is 0 Å². The summed E-state index contributed by atoms with van der Waals surface area (Å²) in [7, 11) is 1.72. The molecule has 3 atom stereocenters. The number of rotatable bonds is 15. The standard InChI is InChI=1S/C44H60FN7O5S/c1-5-41-46-20-24-50(41)31-44(34-9-6-10-35(45)25-34,39-11-7-12-40(39)47-43(54)57-4)33-18-22-49(23-19-33)26-32-27-51(28-32)36-14-16-37(17-15-36)58(55,56)38-29-52(30-38)42(53)13-8-21-48(2)3/h6,8-10,13-17,20,24-25,32-33,38-40H,5,7,11-12,18-19,21-23,26-31H2,1-4H3,(H,47,54). The van der Waals surface area contributed by atoms with E-state index in [4.69, 9.17) is 4.74 Å². The van der Waals surface area contributed by atoms with Gasteiger partial charge in [0.25, 0.3) is 0 Å². The maximum absolute atomic E-state index is 15.2. The topological polar surface area (TPSA) is 120 Å². The van der Waals surface area contributed by atoms with Gasteiger partial charge in [0, 0.05) is 93.8 Å². The van der Waals surface area contributed by atoms with Gasteiger partial charge in [0.2, 0.25) is 5.91 Å². The second-order valence-electron chi connectivity index (χ2n) is 17.1. The molecule has 3 saturated heterocycles. The second kappa shape index (κ2) is 17.9. The molecule has 7 rings (SSSR count). The molecule has 2 aromatic carbocycles. The predicted molar refractivity (Wildman–Crippen MR) is 223 cm³/mol. The number of benzene rings is 2. The molecule has 1 aromatic heterocycles. The van der Waals surface area contributed by atoms with Crippen LogP contribution < -0.4 is 10.2 Å². The van der Waals surface area contributed by atoms with Crippen LogP contribution in [0.1, 0.15) is 50.4 Å². The lowest BCUT2D eigenvalue weighted by atomic mass is 9.58. The molecule has 1 saturated carbocycles. The summed E-state index contributed by atoms with van der Waals surface area (Å²) in [5, 5.41) is 2.59. The molecule has 58 heavy (non-hydrogen) atoms. The molecule has 0 spiro atoms. The van der Waals surface area contributed by atoms with Crippen LogP contribution in [-0.4, -0.2) is 130 Å². The highest BCUT2D eigenvalue weighted by Crippen LogP contribution is 2.52. The van der Waals surface area contributed by atoms with Gasteiger partial charge < -0.3 is 34.2 Å². The SMILES string of the molecule is CCc1nccn1CC(c1cccc(F)c1)(C1CCN(CC2CN(c3ccc(S(=O)(=O)C4CN(C(=O)C=CCN(C)C)C4)cc3)C2)CC1)C1CCCC1NC(=O)OC. The fraction of sp³-hybridized carbons (Fsp3) is 0.568. The summed E-state index contributed by atoms with van der Waals surface area (Å²) >= 11 is 0. The summed E-state index contributed by atoms with van der Waals surface area (Å²) in [5.74, 6) is 1.45. The summed E-state index contributed by atoms with van der Waals surface area (Å²) in [6.45, 7) is 8.53. The number of halogens is 1. The van der Waals surface area contributed by atoms with Gasteiger partial charge in [0.1, 0.15) is 16.9 Å². The number of hydrogen-bond donors (Lipinski definition) is 1. The molecule has 4 aliphatic rings. The largest absolute Gasteiger partial charge is 0.453 e. The van der Waals surface area contributed by atoms with Gasteiger partial charge in [-0.25, -0.2) is 22.6 Å². The van der Waals surface area contributed by atoms with Crippen molar-refractivity contribution in [3.05, 3.63) is 90.3 Å². The molecule has 12 nitrogen and oxygen atoms in total. The van der Waals surface area contributed by atoms with Gasteiger partial charge >= 0.3 is 6.09 Å². The van der Waals surface area contributed by atoms with Crippen molar-refractivity contribution in [2.45, 2.75) is 73.6 Å². The molecule has 14 heteroatoms. The Labute approximate surface area is 343 Å². The summed E-state index contributed by atoms with van der Waals surface area (Å²) in [6, 6.07) is 14.3. The Morgan fingerprint density at radius 1 is 1.03 bits per heavy atom. The van der Waals surface area contributed by atoms with Crippen LogP contribution in [-0.2, 0) is 37.7 Å². The van der Waals surface area contributed by atoms with Crippen LogP contribution in [0.4, 0.5) is 14.9 Å². The van der Waals surface area contributed by atoms with Crippen molar-refractivity contribution in [3.8, 4) is 0 Å². The number of alkyl carbamates (subject to hydrolysis) is 1. The normalized spacial score (nSPS) is 22.2. The lowest BCUT2D eigenvalue weighted by Crippen LogP contribution is -2.56. The Morgan fingerprint density at radius 3 is 2.45 bits per heavy atom. The fourth-order valence-electron chi connectivity index (χ4n) is 10.1. The van der Waals surface area contributed by atoms with Crippen molar-refractivity contribution in [1.29, 1.82) is 0 Å². The van der Waals surface area contributed by atoms with E-state index in [9.17, 15) is 18.0 Å². The number of aromatic nitrogens is 2. The van der Waals surface area contributed by atoms with E-state index in [2.05, 4.69) is 37.7 Å². The summed E-state index contributed by atoms with van der Waals surface area (Å²) in [4.78, 5) is 38.4. The van der Waals surface area contributed by atoms with E-state index in [-0.39, 0.29) is 42.7 Å². The van der Waals surface area contributed by atoms with E-state index < -0.39 is 26.6 Å². The highest BCUT2D eigenvalue weighted by molar-refractivity contribution is 7.92. The number of nitrogens with zero attached hydrogens (tertiary/aromatic N) is 6. The minimum absolute atomic E-state index is 0.0857. The maximum atomic E-state index is 15.2. The number of likely N-dealkylation sites (tertiary alicyclic amines) is 2. The Balaban J connectivity index is 0.980. The van der Waals surface area contributed by atoms with Gasteiger partial charge in [-0.15, -0.1) is 0 Å². The average molecular weight is 818 g/mol. The fourth-order valence-corrected chi connectivity index (χ4v) is 11.8. The molecule has 3 aromatic rings. The number of nitrogens with one attached hydrogen (secondary N) is 1. The third-order valence-electron chi connectivity index (χ3n) is 13.2. The number of hydrogen-bond acceptors (Lipinski definition) is 9. The quantitative estimate of drug-likeness (QED) is 0.212.